The second kappa shape index (κ2) is 5.01. The van der Waals surface area contributed by atoms with Crippen molar-refractivity contribution in [3.8, 4) is 0 Å². The monoisotopic (exact) mass is 265 g/mol. The first kappa shape index (κ1) is 12.9. The van der Waals surface area contributed by atoms with Crippen LogP contribution in [-0.2, 0) is 16.8 Å². The van der Waals surface area contributed by atoms with Gasteiger partial charge in [0.2, 0.25) is 0 Å². The molecule has 1 aromatic heterocycles. The molecule has 0 saturated heterocycles. The minimum Gasteiger partial charge on any atom is -0.251 e. The zero-order chi connectivity index (χ0) is 13.2. The standard InChI is InChI=1S/C12H15N3O2S/c1-15(2)18(16,17)13-9-11-8-7-10-5-3-4-6-12(10)14-11/h3-8,13H,9H2,1-2H3. The molecular formula is C12H15N3O2S. The van der Waals surface area contributed by atoms with Crippen LogP contribution in [0.1, 0.15) is 5.69 Å². The van der Waals surface area contributed by atoms with E-state index in [9.17, 15) is 8.42 Å². The molecule has 0 aliphatic carbocycles. The average molecular weight is 265 g/mol. The van der Waals surface area contributed by atoms with Gasteiger partial charge >= 0.3 is 0 Å². The van der Waals surface area contributed by atoms with E-state index in [1.807, 2.05) is 36.4 Å². The summed E-state index contributed by atoms with van der Waals surface area (Å²) in [6.45, 7) is 0.186. The lowest BCUT2D eigenvalue weighted by molar-refractivity contribution is 0.504. The quantitative estimate of drug-likeness (QED) is 0.901. The minimum absolute atomic E-state index is 0.186. The van der Waals surface area contributed by atoms with Gasteiger partial charge in [-0.3, -0.25) is 4.98 Å². The van der Waals surface area contributed by atoms with Crippen LogP contribution in [0, 0.1) is 0 Å². The maximum atomic E-state index is 11.6. The maximum absolute atomic E-state index is 11.6. The highest BCUT2D eigenvalue weighted by atomic mass is 32.2. The summed E-state index contributed by atoms with van der Waals surface area (Å²) in [4.78, 5) is 4.39. The van der Waals surface area contributed by atoms with E-state index in [1.165, 1.54) is 14.1 Å². The topological polar surface area (TPSA) is 62.3 Å². The molecule has 96 valence electrons. The molecular weight excluding hydrogens is 250 g/mol. The van der Waals surface area contributed by atoms with Crippen molar-refractivity contribution in [2.45, 2.75) is 6.54 Å². The third-order valence-corrected chi connectivity index (χ3v) is 4.04. The van der Waals surface area contributed by atoms with E-state index < -0.39 is 10.2 Å². The third-order valence-electron chi connectivity index (χ3n) is 2.57. The van der Waals surface area contributed by atoms with Crippen LogP contribution in [0.25, 0.3) is 10.9 Å². The van der Waals surface area contributed by atoms with Crippen LogP contribution in [0.4, 0.5) is 0 Å². The van der Waals surface area contributed by atoms with Crippen LogP contribution in [0.3, 0.4) is 0 Å². The van der Waals surface area contributed by atoms with Crippen LogP contribution in [0.5, 0.6) is 0 Å². The molecule has 2 aromatic rings. The van der Waals surface area contributed by atoms with E-state index in [-0.39, 0.29) is 6.54 Å². The van der Waals surface area contributed by atoms with Crippen LogP contribution in [0.2, 0.25) is 0 Å². The first-order chi connectivity index (χ1) is 8.49. The summed E-state index contributed by atoms with van der Waals surface area (Å²) in [6.07, 6.45) is 0. The van der Waals surface area contributed by atoms with Gasteiger partial charge in [0, 0.05) is 19.5 Å². The van der Waals surface area contributed by atoms with Crippen LogP contribution in [0.15, 0.2) is 36.4 Å². The molecule has 0 aliphatic rings. The van der Waals surface area contributed by atoms with Gasteiger partial charge in [-0.1, -0.05) is 24.3 Å². The Morgan fingerprint density at radius 3 is 2.61 bits per heavy atom. The Balaban J connectivity index is 2.18. The van der Waals surface area contributed by atoms with Crippen molar-refractivity contribution in [1.29, 1.82) is 0 Å². The molecule has 0 saturated carbocycles. The Morgan fingerprint density at radius 1 is 1.17 bits per heavy atom. The van der Waals surface area contributed by atoms with E-state index in [4.69, 9.17) is 0 Å². The van der Waals surface area contributed by atoms with Crippen molar-refractivity contribution in [2.24, 2.45) is 0 Å². The Bertz CT molecular complexity index is 653. The highest BCUT2D eigenvalue weighted by molar-refractivity contribution is 7.87. The Morgan fingerprint density at radius 2 is 1.89 bits per heavy atom. The summed E-state index contributed by atoms with van der Waals surface area (Å²) in [5, 5.41) is 1.04. The molecule has 1 aromatic carbocycles. The Kier molecular flexibility index (Phi) is 3.60. The van der Waals surface area contributed by atoms with Crippen LogP contribution in [-0.4, -0.2) is 31.8 Å². The summed E-state index contributed by atoms with van der Waals surface area (Å²) in [6, 6.07) is 11.5. The molecule has 0 fully saturated rings. The number of nitrogens with one attached hydrogen (secondary N) is 1. The van der Waals surface area contributed by atoms with Gasteiger partial charge in [0.05, 0.1) is 17.8 Å². The number of hydrogen-bond donors (Lipinski definition) is 1. The number of pyridine rings is 1. The van der Waals surface area contributed by atoms with Crippen LogP contribution < -0.4 is 4.72 Å². The zero-order valence-corrected chi connectivity index (χ0v) is 11.1. The van der Waals surface area contributed by atoms with Gasteiger partial charge in [-0.25, -0.2) is 0 Å². The fourth-order valence-electron chi connectivity index (χ4n) is 1.50. The van der Waals surface area contributed by atoms with Crippen molar-refractivity contribution in [3.05, 3.63) is 42.1 Å². The lowest BCUT2D eigenvalue weighted by Gasteiger charge is -2.12. The number of para-hydroxylation sites is 1. The molecule has 0 bridgehead atoms. The Labute approximate surface area is 107 Å². The van der Waals surface area contributed by atoms with E-state index in [1.54, 1.807) is 0 Å². The predicted octanol–water partition coefficient (Wildman–Crippen LogP) is 1.13. The average Bonchev–Trinajstić information content (AvgIpc) is 2.36. The normalized spacial score (nSPS) is 12.2. The van der Waals surface area contributed by atoms with Gasteiger partial charge < -0.3 is 0 Å². The number of rotatable bonds is 4. The first-order valence-corrected chi connectivity index (χ1v) is 6.95. The maximum Gasteiger partial charge on any atom is 0.279 e. The molecule has 1 heterocycles. The summed E-state index contributed by atoms with van der Waals surface area (Å²) in [7, 11) is -0.442. The van der Waals surface area contributed by atoms with Gasteiger partial charge in [-0.2, -0.15) is 17.4 Å². The number of benzene rings is 1. The highest BCUT2D eigenvalue weighted by Crippen LogP contribution is 2.11. The molecule has 5 nitrogen and oxygen atoms in total. The fourth-order valence-corrected chi connectivity index (χ4v) is 2.09. The molecule has 0 atom stereocenters. The van der Waals surface area contributed by atoms with E-state index in [2.05, 4.69) is 9.71 Å². The van der Waals surface area contributed by atoms with Crippen molar-refractivity contribution >= 4 is 21.1 Å². The SMILES string of the molecule is CN(C)S(=O)(=O)NCc1ccc2ccccc2n1. The van der Waals surface area contributed by atoms with Gasteiger partial charge in [0.25, 0.3) is 10.2 Å². The lowest BCUT2D eigenvalue weighted by atomic mass is 10.2. The van der Waals surface area contributed by atoms with Crippen molar-refractivity contribution in [3.63, 3.8) is 0 Å². The predicted molar refractivity (Wildman–Crippen MR) is 71.2 cm³/mol. The lowest BCUT2D eigenvalue weighted by Crippen LogP contribution is -2.35. The zero-order valence-electron chi connectivity index (χ0n) is 10.3. The summed E-state index contributed by atoms with van der Waals surface area (Å²) >= 11 is 0. The molecule has 0 aliphatic heterocycles. The van der Waals surface area contributed by atoms with Gasteiger partial charge in [0.15, 0.2) is 0 Å². The van der Waals surface area contributed by atoms with E-state index >= 15 is 0 Å². The highest BCUT2D eigenvalue weighted by Gasteiger charge is 2.12. The van der Waals surface area contributed by atoms with Crippen molar-refractivity contribution < 1.29 is 8.42 Å². The summed E-state index contributed by atoms with van der Waals surface area (Å²) < 4.78 is 26.7. The molecule has 0 radical (unpaired) electrons. The molecule has 1 N–H and O–H groups in total. The largest absolute Gasteiger partial charge is 0.279 e. The second-order valence-corrected chi connectivity index (χ2v) is 6.07. The third kappa shape index (κ3) is 2.84. The minimum atomic E-state index is -3.41. The summed E-state index contributed by atoms with van der Waals surface area (Å²) in [5.74, 6) is 0. The van der Waals surface area contributed by atoms with Crippen molar-refractivity contribution in [2.75, 3.05) is 14.1 Å². The van der Waals surface area contributed by atoms with Gasteiger partial charge in [-0.05, 0) is 12.1 Å². The molecule has 18 heavy (non-hydrogen) atoms. The van der Waals surface area contributed by atoms with Gasteiger partial charge in [-0.15, -0.1) is 0 Å². The molecule has 6 heteroatoms. The number of aromatic nitrogens is 1. The smallest absolute Gasteiger partial charge is 0.251 e. The summed E-state index contributed by atoms with van der Waals surface area (Å²) in [5.41, 5.74) is 1.55. The van der Waals surface area contributed by atoms with Gasteiger partial charge in [0.1, 0.15) is 0 Å². The fraction of sp³-hybridized carbons (Fsp3) is 0.250. The number of nitrogens with zero attached hydrogens (tertiary/aromatic N) is 2. The molecule has 2 rings (SSSR count). The second-order valence-electron chi connectivity index (χ2n) is 4.10. The Hall–Kier alpha value is -1.50. The first-order valence-electron chi connectivity index (χ1n) is 5.51. The molecule has 0 amide bonds. The molecule has 0 unspecified atom stereocenters. The molecule has 0 spiro atoms. The van der Waals surface area contributed by atoms with Crippen molar-refractivity contribution in [1.82, 2.24) is 14.0 Å². The number of hydrogen-bond acceptors (Lipinski definition) is 3. The van der Waals surface area contributed by atoms with E-state index in [0.717, 1.165) is 15.2 Å². The number of fused-ring (bicyclic) bond motifs is 1. The van der Waals surface area contributed by atoms with E-state index in [0.29, 0.717) is 5.69 Å². The van der Waals surface area contributed by atoms with Crippen LogP contribution >= 0.6 is 0 Å².